The van der Waals surface area contributed by atoms with Crippen molar-refractivity contribution in [2.24, 2.45) is 0 Å². The summed E-state index contributed by atoms with van der Waals surface area (Å²) in [4.78, 5) is 7.22. The molecule has 0 saturated heterocycles. The van der Waals surface area contributed by atoms with Gasteiger partial charge in [0, 0.05) is 0 Å². The lowest BCUT2D eigenvalue weighted by Gasteiger charge is -2.25. The van der Waals surface area contributed by atoms with E-state index in [2.05, 4.69) is 9.97 Å². The Kier molecular flexibility index (Phi) is 1.89. The second-order valence-corrected chi connectivity index (χ2v) is 2.85. The van der Waals surface area contributed by atoms with Crippen molar-refractivity contribution in [2.75, 3.05) is 0 Å². The summed E-state index contributed by atoms with van der Waals surface area (Å²) in [5.74, 6) is -0.404. The summed E-state index contributed by atoms with van der Waals surface area (Å²) in [6.45, 7) is 0. The smallest absolute Gasteiger partial charge is 0.253 e. The molecule has 64 valence electrons. The van der Waals surface area contributed by atoms with Gasteiger partial charge in [-0.05, 0) is 19.3 Å². The van der Waals surface area contributed by atoms with E-state index in [1.165, 1.54) is 6.33 Å². The van der Waals surface area contributed by atoms with Gasteiger partial charge in [-0.1, -0.05) is 0 Å². The minimum Gasteiger partial charge on any atom is -0.472 e. The molecule has 2 rings (SSSR count). The van der Waals surface area contributed by atoms with Gasteiger partial charge in [-0.15, -0.1) is 0 Å². The first kappa shape index (κ1) is 7.46. The van der Waals surface area contributed by atoms with Crippen molar-refractivity contribution in [3.63, 3.8) is 0 Å². The van der Waals surface area contributed by atoms with E-state index in [9.17, 15) is 4.39 Å². The van der Waals surface area contributed by atoms with Crippen LogP contribution in [-0.2, 0) is 0 Å². The molecule has 1 aliphatic carbocycles. The highest BCUT2D eigenvalue weighted by molar-refractivity contribution is 5.09. The summed E-state index contributed by atoms with van der Waals surface area (Å²) in [6, 6.07) is 0. The summed E-state index contributed by atoms with van der Waals surface area (Å²) in [5.41, 5.74) is 0. The first-order valence-corrected chi connectivity index (χ1v) is 3.98. The largest absolute Gasteiger partial charge is 0.472 e. The van der Waals surface area contributed by atoms with Crippen LogP contribution in [0.2, 0.25) is 0 Å². The fourth-order valence-electron chi connectivity index (χ4n) is 1.03. The molecular weight excluding hydrogens is 159 g/mol. The maximum absolute atomic E-state index is 12.9. The van der Waals surface area contributed by atoms with Crippen molar-refractivity contribution in [1.29, 1.82) is 0 Å². The lowest BCUT2D eigenvalue weighted by molar-refractivity contribution is 0.108. The third-order valence-electron chi connectivity index (χ3n) is 1.96. The molecule has 0 N–H and O–H groups in total. The molecular formula is C8H9FN2O. The number of aromatic nitrogens is 2. The summed E-state index contributed by atoms with van der Waals surface area (Å²) in [6.07, 6.45) is 5.73. The first-order chi connectivity index (χ1) is 5.86. The van der Waals surface area contributed by atoms with Gasteiger partial charge in [-0.2, -0.15) is 9.37 Å². The molecule has 0 bridgehead atoms. The Morgan fingerprint density at radius 2 is 2.33 bits per heavy atom. The minimum absolute atomic E-state index is 0.0784. The molecule has 1 aromatic heterocycles. The zero-order valence-corrected chi connectivity index (χ0v) is 6.53. The minimum atomic E-state index is -0.482. The van der Waals surface area contributed by atoms with Crippen molar-refractivity contribution in [2.45, 2.75) is 25.4 Å². The molecule has 1 saturated carbocycles. The Morgan fingerprint density at radius 1 is 1.50 bits per heavy atom. The molecule has 1 aliphatic rings. The monoisotopic (exact) mass is 168 g/mol. The average Bonchev–Trinajstić information content (AvgIpc) is 2.00. The quantitative estimate of drug-likeness (QED) is 0.672. The second-order valence-electron chi connectivity index (χ2n) is 2.85. The average molecular weight is 168 g/mol. The zero-order chi connectivity index (χ0) is 8.39. The van der Waals surface area contributed by atoms with Gasteiger partial charge in [-0.3, -0.25) is 0 Å². The molecule has 12 heavy (non-hydrogen) atoms. The van der Waals surface area contributed by atoms with Crippen LogP contribution in [0.1, 0.15) is 19.3 Å². The predicted molar refractivity (Wildman–Crippen MR) is 40.3 cm³/mol. The summed E-state index contributed by atoms with van der Waals surface area (Å²) in [7, 11) is 0. The molecule has 0 spiro atoms. The number of hydrogen-bond acceptors (Lipinski definition) is 3. The third-order valence-corrected chi connectivity index (χ3v) is 1.96. The number of hydrogen-bond donors (Lipinski definition) is 0. The van der Waals surface area contributed by atoms with Crippen molar-refractivity contribution in [3.05, 3.63) is 18.3 Å². The van der Waals surface area contributed by atoms with Gasteiger partial charge in [0.1, 0.15) is 12.4 Å². The molecule has 1 aromatic rings. The summed E-state index contributed by atoms with van der Waals surface area (Å²) in [5, 5.41) is 0. The lowest BCUT2D eigenvalue weighted by atomic mass is 9.96. The van der Waals surface area contributed by atoms with Crippen molar-refractivity contribution in [1.82, 2.24) is 9.97 Å². The molecule has 0 aliphatic heterocycles. The van der Waals surface area contributed by atoms with Crippen LogP contribution in [0.3, 0.4) is 0 Å². The van der Waals surface area contributed by atoms with E-state index in [4.69, 9.17) is 4.74 Å². The van der Waals surface area contributed by atoms with E-state index < -0.39 is 5.82 Å². The van der Waals surface area contributed by atoms with Crippen LogP contribution in [-0.4, -0.2) is 16.1 Å². The SMILES string of the molecule is Fc1cncnc1OC1CCC1. The molecule has 4 heteroatoms. The molecule has 0 radical (unpaired) electrons. The number of nitrogens with zero attached hydrogens (tertiary/aromatic N) is 2. The number of rotatable bonds is 2. The number of ether oxygens (including phenoxy) is 1. The van der Waals surface area contributed by atoms with E-state index in [-0.39, 0.29) is 12.0 Å². The van der Waals surface area contributed by atoms with Gasteiger partial charge in [-0.25, -0.2) is 4.98 Å². The van der Waals surface area contributed by atoms with Gasteiger partial charge < -0.3 is 4.74 Å². The van der Waals surface area contributed by atoms with Gasteiger partial charge in [0.2, 0.25) is 5.82 Å². The maximum atomic E-state index is 12.9. The molecule has 0 atom stereocenters. The van der Waals surface area contributed by atoms with Crippen molar-refractivity contribution in [3.8, 4) is 5.88 Å². The normalized spacial score (nSPS) is 17.1. The standard InChI is InChI=1S/C8H9FN2O/c9-7-4-10-5-11-8(7)12-6-2-1-3-6/h4-6H,1-3H2. The van der Waals surface area contributed by atoms with E-state index in [1.807, 2.05) is 0 Å². The molecule has 0 amide bonds. The highest BCUT2D eigenvalue weighted by Crippen LogP contribution is 2.24. The fourth-order valence-corrected chi connectivity index (χ4v) is 1.03. The van der Waals surface area contributed by atoms with E-state index >= 15 is 0 Å². The Morgan fingerprint density at radius 3 is 2.92 bits per heavy atom. The van der Waals surface area contributed by atoms with Crippen LogP contribution in [0.4, 0.5) is 4.39 Å². The zero-order valence-electron chi connectivity index (χ0n) is 6.53. The lowest BCUT2D eigenvalue weighted by Crippen LogP contribution is -2.25. The topological polar surface area (TPSA) is 35.0 Å². The first-order valence-electron chi connectivity index (χ1n) is 3.98. The Labute approximate surface area is 69.6 Å². The van der Waals surface area contributed by atoms with Gasteiger partial charge >= 0.3 is 0 Å². The van der Waals surface area contributed by atoms with E-state index in [1.54, 1.807) is 0 Å². The van der Waals surface area contributed by atoms with Crippen LogP contribution in [0.15, 0.2) is 12.5 Å². The third kappa shape index (κ3) is 1.37. The van der Waals surface area contributed by atoms with Crippen molar-refractivity contribution >= 4 is 0 Å². The van der Waals surface area contributed by atoms with Crippen LogP contribution in [0.5, 0.6) is 5.88 Å². The van der Waals surface area contributed by atoms with Crippen LogP contribution >= 0.6 is 0 Å². The van der Waals surface area contributed by atoms with Crippen LogP contribution in [0, 0.1) is 5.82 Å². The van der Waals surface area contributed by atoms with E-state index in [0.717, 1.165) is 25.5 Å². The molecule has 1 fully saturated rings. The Hall–Kier alpha value is -1.19. The highest BCUT2D eigenvalue weighted by Gasteiger charge is 2.20. The molecule has 3 nitrogen and oxygen atoms in total. The van der Waals surface area contributed by atoms with Crippen LogP contribution in [0.25, 0.3) is 0 Å². The Balaban J connectivity index is 2.06. The molecule has 1 heterocycles. The van der Waals surface area contributed by atoms with Crippen molar-refractivity contribution < 1.29 is 9.13 Å². The van der Waals surface area contributed by atoms with Crippen LogP contribution < -0.4 is 4.74 Å². The fraction of sp³-hybridized carbons (Fsp3) is 0.500. The summed E-state index contributed by atoms with van der Waals surface area (Å²) < 4.78 is 18.1. The Bertz CT molecular complexity index is 276. The van der Waals surface area contributed by atoms with Gasteiger partial charge in [0.25, 0.3) is 5.88 Å². The molecule has 0 unspecified atom stereocenters. The van der Waals surface area contributed by atoms with E-state index in [0.29, 0.717) is 0 Å². The predicted octanol–water partition coefficient (Wildman–Crippen LogP) is 1.55. The second kappa shape index (κ2) is 3.05. The maximum Gasteiger partial charge on any atom is 0.253 e. The van der Waals surface area contributed by atoms with Gasteiger partial charge in [0.15, 0.2) is 0 Å². The van der Waals surface area contributed by atoms with Gasteiger partial charge in [0.05, 0.1) is 6.20 Å². The highest BCUT2D eigenvalue weighted by atomic mass is 19.1. The number of halogens is 1. The summed E-state index contributed by atoms with van der Waals surface area (Å²) >= 11 is 0. The molecule has 0 aromatic carbocycles.